The van der Waals surface area contributed by atoms with Gasteiger partial charge in [-0.25, -0.2) is 0 Å². The van der Waals surface area contributed by atoms with Crippen molar-refractivity contribution in [1.82, 2.24) is 0 Å². The number of hydrogen-bond acceptors (Lipinski definition) is 0. The molecule has 114 valence electrons. The highest BCUT2D eigenvalue weighted by atomic mass is 14.1. The number of hydrogen-bond donors (Lipinski definition) is 0. The maximum Gasteiger partial charge on any atom is -0.0353 e. The van der Waals surface area contributed by atoms with Crippen LogP contribution >= 0.6 is 0 Å². The lowest BCUT2D eigenvalue weighted by Gasteiger charge is -2.15. The Hall–Kier alpha value is -0.260. The maximum absolute atomic E-state index is 3.78. The van der Waals surface area contributed by atoms with Crippen LogP contribution in [0.4, 0.5) is 0 Å². The Balaban J connectivity index is 3.39. The predicted octanol–water partition coefficient (Wildman–Crippen LogP) is 7.29. The molecule has 0 saturated heterocycles. The average Bonchev–Trinajstić information content (AvgIpc) is 2.42. The van der Waals surface area contributed by atoms with Gasteiger partial charge >= 0.3 is 0 Å². The Labute approximate surface area is 123 Å². The summed E-state index contributed by atoms with van der Waals surface area (Å²) in [6.07, 6.45) is 21.9. The lowest BCUT2D eigenvalue weighted by atomic mass is 9.91. The van der Waals surface area contributed by atoms with Crippen molar-refractivity contribution < 1.29 is 0 Å². The van der Waals surface area contributed by atoms with Crippen molar-refractivity contribution in [3.8, 4) is 0 Å². The monoisotopic (exact) mass is 266 g/mol. The molecule has 0 spiro atoms. The lowest BCUT2D eigenvalue weighted by molar-refractivity contribution is 0.380. The van der Waals surface area contributed by atoms with E-state index in [1.165, 1.54) is 89.9 Å². The van der Waals surface area contributed by atoms with E-state index in [1.807, 2.05) is 6.08 Å². The number of rotatable bonds is 15. The second-order valence-corrected chi connectivity index (χ2v) is 6.14. The van der Waals surface area contributed by atoms with Gasteiger partial charge in [-0.1, -0.05) is 97.0 Å². The minimum Gasteiger partial charge on any atom is -0.103 e. The Bertz CT molecular complexity index is 171. The van der Waals surface area contributed by atoms with Crippen molar-refractivity contribution in [1.29, 1.82) is 0 Å². The van der Waals surface area contributed by atoms with Crippen molar-refractivity contribution >= 4 is 0 Å². The zero-order chi connectivity index (χ0) is 14.2. The second kappa shape index (κ2) is 15.8. The normalized spacial score (nSPS) is 12.5. The summed E-state index contributed by atoms with van der Waals surface area (Å²) in [7, 11) is 0. The van der Waals surface area contributed by atoms with Gasteiger partial charge in [0, 0.05) is 0 Å². The van der Waals surface area contributed by atoms with Crippen LogP contribution in [0.5, 0.6) is 0 Å². The van der Waals surface area contributed by atoms with Crippen LogP contribution in [-0.2, 0) is 0 Å². The van der Waals surface area contributed by atoms with Gasteiger partial charge in [-0.2, -0.15) is 0 Å². The third-order valence-corrected chi connectivity index (χ3v) is 4.18. The molecule has 0 aromatic rings. The van der Waals surface area contributed by atoms with Gasteiger partial charge in [-0.15, -0.1) is 6.58 Å². The number of unbranched alkanes of at least 4 members (excludes halogenated alkanes) is 8. The summed E-state index contributed by atoms with van der Waals surface area (Å²) in [6, 6.07) is 0. The Morgan fingerprint density at radius 1 is 0.684 bits per heavy atom. The largest absolute Gasteiger partial charge is 0.103 e. The lowest BCUT2D eigenvalue weighted by Crippen LogP contribution is -2.00. The van der Waals surface area contributed by atoms with Gasteiger partial charge in [0.2, 0.25) is 0 Å². The summed E-state index contributed by atoms with van der Waals surface area (Å²) in [4.78, 5) is 0. The molecule has 1 atom stereocenters. The summed E-state index contributed by atoms with van der Waals surface area (Å²) in [6.45, 7) is 8.42. The van der Waals surface area contributed by atoms with E-state index in [0.29, 0.717) is 0 Å². The SMILES string of the molecule is C=CCCCCCCCCC(CCC)CCCCC. The summed E-state index contributed by atoms with van der Waals surface area (Å²) in [5.74, 6) is 1.03. The van der Waals surface area contributed by atoms with Crippen molar-refractivity contribution in [2.75, 3.05) is 0 Å². The van der Waals surface area contributed by atoms with Gasteiger partial charge in [0.1, 0.15) is 0 Å². The molecule has 0 aliphatic rings. The van der Waals surface area contributed by atoms with Crippen molar-refractivity contribution in [3.63, 3.8) is 0 Å². The van der Waals surface area contributed by atoms with Crippen LogP contribution in [0.1, 0.15) is 104 Å². The molecule has 0 radical (unpaired) electrons. The van der Waals surface area contributed by atoms with Gasteiger partial charge in [-0.3, -0.25) is 0 Å². The van der Waals surface area contributed by atoms with Gasteiger partial charge < -0.3 is 0 Å². The fourth-order valence-corrected chi connectivity index (χ4v) is 2.95. The number of allylic oxidation sites excluding steroid dienone is 1. The highest BCUT2D eigenvalue weighted by Crippen LogP contribution is 2.22. The molecule has 0 heteroatoms. The average molecular weight is 267 g/mol. The minimum atomic E-state index is 1.03. The van der Waals surface area contributed by atoms with Crippen LogP contribution in [0, 0.1) is 5.92 Å². The zero-order valence-corrected chi connectivity index (χ0v) is 13.8. The van der Waals surface area contributed by atoms with Crippen LogP contribution in [0.15, 0.2) is 12.7 Å². The first-order valence-electron chi connectivity index (χ1n) is 8.96. The van der Waals surface area contributed by atoms with E-state index in [0.717, 1.165) is 5.92 Å². The fraction of sp³-hybridized carbons (Fsp3) is 0.895. The highest BCUT2D eigenvalue weighted by Gasteiger charge is 2.06. The first kappa shape index (κ1) is 18.7. The molecular formula is C19H38. The zero-order valence-electron chi connectivity index (χ0n) is 13.8. The van der Waals surface area contributed by atoms with E-state index in [2.05, 4.69) is 20.4 Å². The molecule has 0 aliphatic heterocycles. The molecular weight excluding hydrogens is 228 g/mol. The summed E-state index contributed by atoms with van der Waals surface area (Å²) in [5, 5.41) is 0. The molecule has 0 N–H and O–H groups in total. The summed E-state index contributed by atoms with van der Waals surface area (Å²) >= 11 is 0. The summed E-state index contributed by atoms with van der Waals surface area (Å²) in [5.41, 5.74) is 0. The molecule has 0 fully saturated rings. The van der Waals surface area contributed by atoms with Gasteiger partial charge in [0.05, 0.1) is 0 Å². The Morgan fingerprint density at radius 3 is 1.84 bits per heavy atom. The molecule has 0 heterocycles. The van der Waals surface area contributed by atoms with E-state index in [1.54, 1.807) is 0 Å². The third kappa shape index (κ3) is 14.0. The highest BCUT2D eigenvalue weighted by molar-refractivity contribution is 4.65. The Kier molecular flexibility index (Phi) is 15.6. The first-order valence-corrected chi connectivity index (χ1v) is 8.96. The van der Waals surface area contributed by atoms with Crippen LogP contribution in [0.25, 0.3) is 0 Å². The second-order valence-electron chi connectivity index (χ2n) is 6.14. The summed E-state index contributed by atoms with van der Waals surface area (Å²) < 4.78 is 0. The molecule has 0 amide bonds. The molecule has 0 aromatic carbocycles. The first-order chi connectivity index (χ1) is 9.35. The molecule has 0 aliphatic carbocycles. The van der Waals surface area contributed by atoms with Crippen LogP contribution < -0.4 is 0 Å². The van der Waals surface area contributed by atoms with Gasteiger partial charge in [0.15, 0.2) is 0 Å². The van der Waals surface area contributed by atoms with Crippen LogP contribution in [0.2, 0.25) is 0 Å². The van der Waals surface area contributed by atoms with Crippen LogP contribution in [0.3, 0.4) is 0 Å². The van der Waals surface area contributed by atoms with E-state index in [4.69, 9.17) is 0 Å². The van der Waals surface area contributed by atoms with E-state index in [9.17, 15) is 0 Å². The molecule has 0 aromatic heterocycles. The van der Waals surface area contributed by atoms with E-state index < -0.39 is 0 Å². The van der Waals surface area contributed by atoms with Crippen molar-refractivity contribution in [2.45, 2.75) is 104 Å². The quantitative estimate of drug-likeness (QED) is 0.216. The topological polar surface area (TPSA) is 0 Å². The molecule has 0 saturated carbocycles. The molecule has 1 unspecified atom stereocenters. The Morgan fingerprint density at radius 2 is 1.26 bits per heavy atom. The van der Waals surface area contributed by atoms with Gasteiger partial charge in [-0.05, 0) is 18.8 Å². The maximum atomic E-state index is 3.78. The molecule has 0 bridgehead atoms. The van der Waals surface area contributed by atoms with Crippen molar-refractivity contribution in [3.05, 3.63) is 12.7 Å². The molecule has 0 rings (SSSR count). The molecule has 19 heavy (non-hydrogen) atoms. The fourth-order valence-electron chi connectivity index (χ4n) is 2.95. The third-order valence-electron chi connectivity index (χ3n) is 4.18. The smallest absolute Gasteiger partial charge is 0.0353 e. The predicted molar refractivity (Wildman–Crippen MR) is 89.7 cm³/mol. The van der Waals surface area contributed by atoms with E-state index >= 15 is 0 Å². The van der Waals surface area contributed by atoms with E-state index in [-0.39, 0.29) is 0 Å². The minimum absolute atomic E-state index is 1.03. The van der Waals surface area contributed by atoms with Crippen LogP contribution in [-0.4, -0.2) is 0 Å². The standard InChI is InChI=1S/C19H38/c1-4-7-9-10-11-12-13-15-18-19(16-6-3)17-14-8-5-2/h4,19H,1,5-18H2,2-3H3. The van der Waals surface area contributed by atoms with Crippen molar-refractivity contribution in [2.24, 2.45) is 5.92 Å². The van der Waals surface area contributed by atoms with Gasteiger partial charge in [0.25, 0.3) is 0 Å². The molecule has 0 nitrogen and oxygen atoms in total.